The maximum absolute atomic E-state index is 13.1. The summed E-state index contributed by atoms with van der Waals surface area (Å²) in [6.45, 7) is 2.67. The first kappa shape index (κ1) is 24.8. The molecule has 0 radical (unpaired) electrons. The first-order chi connectivity index (χ1) is 16.5. The summed E-state index contributed by atoms with van der Waals surface area (Å²) < 4.78 is 40.3. The molecule has 190 valence electrons. The molecule has 2 aromatic rings. The lowest BCUT2D eigenvalue weighted by atomic mass is 9.96. The van der Waals surface area contributed by atoms with Crippen LogP contribution in [0.4, 0.5) is 18.9 Å². The van der Waals surface area contributed by atoms with Gasteiger partial charge in [-0.05, 0) is 57.0 Å². The van der Waals surface area contributed by atoms with Gasteiger partial charge in [-0.3, -0.25) is 18.7 Å². The summed E-state index contributed by atoms with van der Waals surface area (Å²) in [7, 11) is 3.46. The van der Waals surface area contributed by atoms with E-state index in [4.69, 9.17) is 0 Å². The van der Waals surface area contributed by atoms with Gasteiger partial charge >= 0.3 is 17.8 Å². The van der Waals surface area contributed by atoms with Crippen molar-refractivity contribution < 1.29 is 32.4 Å². The van der Waals surface area contributed by atoms with Gasteiger partial charge < -0.3 is 15.1 Å². The number of rotatable bonds is 5. The van der Waals surface area contributed by atoms with E-state index in [1.54, 1.807) is 6.07 Å². The molecule has 1 aromatic heterocycles. The van der Waals surface area contributed by atoms with Crippen LogP contribution in [0.1, 0.15) is 31.7 Å². The number of nitrogens with one attached hydrogen (secondary N) is 1. The maximum Gasteiger partial charge on any atom is 0.493 e. The van der Waals surface area contributed by atoms with Crippen LogP contribution in [0.25, 0.3) is 11.0 Å². The molecule has 4 rings (SSSR count). The molecule has 1 unspecified atom stereocenters. The van der Waals surface area contributed by atoms with Gasteiger partial charge in [-0.15, -0.1) is 5.06 Å². The van der Waals surface area contributed by atoms with Gasteiger partial charge in [0, 0.05) is 32.2 Å². The van der Waals surface area contributed by atoms with Crippen LogP contribution in [0.2, 0.25) is 0 Å². The predicted octanol–water partition coefficient (Wildman–Crippen LogP) is 1.49. The largest absolute Gasteiger partial charge is 0.493 e. The highest BCUT2D eigenvalue weighted by Crippen LogP contribution is 2.31. The Kier molecular flexibility index (Phi) is 6.62. The van der Waals surface area contributed by atoms with E-state index in [0.717, 1.165) is 42.7 Å². The molecule has 0 spiro atoms. The molecule has 13 heteroatoms. The minimum atomic E-state index is -5.39. The highest BCUT2D eigenvalue weighted by atomic mass is 19.4. The number of fused-ring (bicyclic) bond motifs is 1. The third-order valence-electron chi connectivity index (χ3n) is 6.61. The van der Waals surface area contributed by atoms with Gasteiger partial charge in [-0.1, -0.05) is 0 Å². The van der Waals surface area contributed by atoms with Gasteiger partial charge in [0.1, 0.15) is 6.04 Å². The van der Waals surface area contributed by atoms with Gasteiger partial charge in [-0.25, -0.2) is 9.59 Å². The molecule has 0 aliphatic carbocycles. The second-order valence-electron chi connectivity index (χ2n) is 8.83. The van der Waals surface area contributed by atoms with E-state index in [0.29, 0.717) is 17.0 Å². The number of hydrogen-bond donors (Lipinski definition) is 1. The molecule has 2 aliphatic heterocycles. The number of nitrogens with zero attached hydrogens (tertiary/aromatic N) is 4. The number of alkyl halides is 3. The number of hydrogen-bond acceptors (Lipinski definition) is 7. The zero-order valence-corrected chi connectivity index (χ0v) is 19.3. The predicted molar refractivity (Wildman–Crippen MR) is 118 cm³/mol. The number of imide groups is 1. The molecule has 3 heterocycles. The van der Waals surface area contributed by atoms with Crippen LogP contribution in [0.15, 0.2) is 23.0 Å². The summed E-state index contributed by atoms with van der Waals surface area (Å²) in [5.41, 5.74) is 1.27. The maximum atomic E-state index is 13.1. The minimum absolute atomic E-state index is 0.114. The summed E-state index contributed by atoms with van der Waals surface area (Å²) in [6.07, 6.45) is -3.82. The molecule has 1 atom stereocenters. The van der Waals surface area contributed by atoms with Crippen LogP contribution in [0.3, 0.4) is 0 Å². The number of halogens is 3. The number of aryl methyl sites for hydroxylation is 1. The number of carbonyl (C=O) groups is 3. The van der Waals surface area contributed by atoms with Crippen LogP contribution in [-0.2, 0) is 26.3 Å². The first-order valence-corrected chi connectivity index (χ1v) is 11.3. The number of carbonyl (C=O) groups excluding carboxylic acids is 3. The van der Waals surface area contributed by atoms with Gasteiger partial charge in [0.25, 0.3) is 11.8 Å². The standard InChI is InChI=1S/C22H26F3N5O5/c1-26-12-13-7-9-28(10-8-13)14-3-4-15-17(11-14)27(2)21(34)29(15)16-5-6-18(31)30(19(16)32)35-20(33)22(23,24)25/h3-4,11,13,16,26H,5-10,12H2,1-2H3. The van der Waals surface area contributed by atoms with Gasteiger partial charge in [0.2, 0.25) is 0 Å². The van der Waals surface area contributed by atoms with Crippen molar-refractivity contribution in [3.63, 3.8) is 0 Å². The summed E-state index contributed by atoms with van der Waals surface area (Å²) in [6, 6.07) is 4.05. The number of aromatic nitrogens is 2. The highest BCUT2D eigenvalue weighted by Gasteiger charge is 2.47. The highest BCUT2D eigenvalue weighted by molar-refractivity contribution is 6.00. The van der Waals surface area contributed by atoms with Crippen LogP contribution in [0, 0.1) is 5.92 Å². The Morgan fingerprint density at radius 2 is 1.80 bits per heavy atom. The number of hydroxylamine groups is 2. The van der Waals surface area contributed by atoms with Crippen LogP contribution in [0.5, 0.6) is 0 Å². The summed E-state index contributed by atoms with van der Waals surface area (Å²) in [5, 5.41) is 3.01. The van der Waals surface area contributed by atoms with Crippen LogP contribution in [-0.4, -0.2) is 64.8 Å². The fraction of sp³-hybridized carbons (Fsp3) is 0.545. The summed E-state index contributed by atoms with van der Waals surface area (Å²) >= 11 is 0. The molecule has 2 fully saturated rings. The Bertz CT molecular complexity index is 1210. The number of piperidine rings is 2. The molecule has 0 bridgehead atoms. The van der Waals surface area contributed by atoms with Crippen LogP contribution < -0.4 is 15.9 Å². The van der Waals surface area contributed by atoms with Crippen molar-refractivity contribution in [3.8, 4) is 0 Å². The van der Waals surface area contributed by atoms with Gasteiger partial charge in [0.05, 0.1) is 11.0 Å². The lowest BCUT2D eigenvalue weighted by molar-refractivity contribution is -0.238. The first-order valence-electron chi connectivity index (χ1n) is 11.3. The van der Waals surface area contributed by atoms with Crippen molar-refractivity contribution >= 4 is 34.5 Å². The molecular formula is C22H26F3N5O5. The third-order valence-corrected chi connectivity index (χ3v) is 6.61. The Balaban J connectivity index is 1.63. The van der Waals surface area contributed by atoms with E-state index >= 15 is 0 Å². The summed E-state index contributed by atoms with van der Waals surface area (Å²) in [4.78, 5) is 55.5. The van der Waals surface area contributed by atoms with Crippen molar-refractivity contribution in [2.24, 2.45) is 13.0 Å². The van der Waals surface area contributed by atoms with Crippen molar-refractivity contribution in [2.45, 2.75) is 37.9 Å². The number of imidazole rings is 1. The zero-order chi connectivity index (χ0) is 25.5. The quantitative estimate of drug-likeness (QED) is 0.624. The van der Waals surface area contributed by atoms with E-state index in [2.05, 4.69) is 15.1 Å². The minimum Gasteiger partial charge on any atom is -0.371 e. The van der Waals surface area contributed by atoms with E-state index in [9.17, 15) is 32.3 Å². The molecule has 10 nitrogen and oxygen atoms in total. The molecule has 0 saturated carbocycles. The molecule has 2 amide bonds. The average molecular weight is 497 g/mol. The Morgan fingerprint density at radius 1 is 1.11 bits per heavy atom. The number of anilines is 1. The number of benzene rings is 1. The van der Waals surface area contributed by atoms with Gasteiger partial charge in [-0.2, -0.15) is 13.2 Å². The van der Waals surface area contributed by atoms with Crippen LogP contribution >= 0.6 is 0 Å². The topological polar surface area (TPSA) is 106 Å². The van der Waals surface area contributed by atoms with Crippen molar-refractivity contribution in [1.29, 1.82) is 0 Å². The van der Waals surface area contributed by atoms with Crippen molar-refractivity contribution in [2.75, 3.05) is 31.6 Å². The Hall–Kier alpha value is -3.35. The Labute approximate surface area is 198 Å². The fourth-order valence-electron chi connectivity index (χ4n) is 4.75. The Morgan fingerprint density at radius 3 is 2.43 bits per heavy atom. The summed E-state index contributed by atoms with van der Waals surface area (Å²) in [5.74, 6) is -4.38. The molecule has 1 aromatic carbocycles. The normalized spacial score (nSPS) is 20.1. The molecule has 35 heavy (non-hydrogen) atoms. The number of amides is 2. The van der Waals surface area contributed by atoms with E-state index in [1.165, 1.54) is 11.6 Å². The molecular weight excluding hydrogens is 471 g/mol. The van der Waals surface area contributed by atoms with Crippen molar-refractivity contribution in [1.82, 2.24) is 19.5 Å². The lowest BCUT2D eigenvalue weighted by Gasteiger charge is -2.33. The van der Waals surface area contributed by atoms with Gasteiger partial charge in [0.15, 0.2) is 0 Å². The smallest absolute Gasteiger partial charge is 0.371 e. The van der Waals surface area contributed by atoms with E-state index < -0.39 is 35.7 Å². The molecule has 2 aliphatic rings. The second kappa shape index (κ2) is 9.36. The van der Waals surface area contributed by atoms with E-state index in [-0.39, 0.29) is 17.9 Å². The van der Waals surface area contributed by atoms with E-state index in [1.807, 2.05) is 19.2 Å². The zero-order valence-electron chi connectivity index (χ0n) is 19.3. The SMILES string of the molecule is CNCC1CCN(c2ccc3c(c2)n(C)c(=O)n3C2CCC(=O)N(OC(=O)C(F)(F)F)C2=O)CC1. The lowest BCUT2D eigenvalue weighted by Crippen LogP contribution is -2.49. The van der Waals surface area contributed by atoms with Crippen molar-refractivity contribution in [3.05, 3.63) is 28.7 Å². The monoisotopic (exact) mass is 497 g/mol. The fourth-order valence-corrected chi connectivity index (χ4v) is 4.75. The third kappa shape index (κ3) is 4.64. The average Bonchev–Trinajstić information content (AvgIpc) is 3.06. The molecule has 1 N–H and O–H groups in total. The second-order valence-corrected chi connectivity index (χ2v) is 8.83. The molecule has 2 saturated heterocycles.